The highest BCUT2D eigenvalue weighted by atomic mass is 16.7. The number of aliphatic carboxylic acids is 1. The molecule has 168 valence electrons. The molecule has 2 aliphatic rings. The Morgan fingerprint density at radius 2 is 1.62 bits per heavy atom. The Bertz CT molecular complexity index is 1020. The number of carboxylic acid groups (broad SMARTS) is 1. The van der Waals surface area contributed by atoms with Crippen LogP contribution in [0.1, 0.15) is 74.5 Å². The van der Waals surface area contributed by atoms with Gasteiger partial charge in [0.05, 0.1) is 17.2 Å². The average molecular weight is 435 g/mol. The first kappa shape index (κ1) is 22.6. The minimum atomic E-state index is -0.939. The van der Waals surface area contributed by atoms with E-state index in [2.05, 4.69) is 0 Å². The van der Waals surface area contributed by atoms with Crippen molar-refractivity contribution in [2.75, 3.05) is 6.54 Å². The number of amides is 1. The quantitative estimate of drug-likeness (QED) is 0.724. The smallest absolute Gasteiger partial charge is 0.481 e. The van der Waals surface area contributed by atoms with Crippen LogP contribution in [0.25, 0.3) is 0 Å². The predicted molar refractivity (Wildman–Crippen MR) is 123 cm³/mol. The lowest BCUT2D eigenvalue weighted by Crippen LogP contribution is -2.45. The van der Waals surface area contributed by atoms with Crippen LogP contribution < -0.4 is 5.46 Å². The molecule has 0 saturated carbocycles. The molecule has 0 bridgehead atoms. The highest BCUT2D eigenvalue weighted by molar-refractivity contribution is 6.62. The molecule has 0 aromatic heterocycles. The van der Waals surface area contributed by atoms with Crippen LogP contribution in [0.5, 0.6) is 0 Å². The van der Waals surface area contributed by atoms with Gasteiger partial charge in [0.2, 0.25) is 0 Å². The number of carbonyl (C=O) groups excluding carboxylic acids is 1. The normalized spacial score (nSPS) is 23.8. The lowest BCUT2D eigenvalue weighted by atomic mass is 9.76. The number of nitrogens with zero attached hydrogens (tertiary/aromatic N) is 1. The molecule has 6 nitrogen and oxygen atoms in total. The second-order valence-corrected chi connectivity index (χ2v) is 9.60. The van der Waals surface area contributed by atoms with E-state index in [1.165, 1.54) is 0 Å². The fourth-order valence-electron chi connectivity index (χ4n) is 4.55. The lowest BCUT2D eigenvalue weighted by molar-refractivity contribution is -0.140. The van der Waals surface area contributed by atoms with Gasteiger partial charge in [-0.2, -0.15) is 0 Å². The average Bonchev–Trinajstić information content (AvgIpc) is 2.97. The van der Waals surface area contributed by atoms with Gasteiger partial charge in [0.1, 0.15) is 5.92 Å². The Morgan fingerprint density at radius 3 is 2.19 bits per heavy atom. The van der Waals surface area contributed by atoms with Gasteiger partial charge in [-0.05, 0) is 56.8 Å². The first-order valence-corrected chi connectivity index (χ1v) is 11.2. The Balaban J connectivity index is 1.72. The summed E-state index contributed by atoms with van der Waals surface area (Å²) in [5.74, 6) is -1.90. The van der Waals surface area contributed by atoms with Crippen LogP contribution >= 0.6 is 0 Å². The maximum Gasteiger partial charge on any atom is 0.494 e. The van der Waals surface area contributed by atoms with Gasteiger partial charge in [0.25, 0.3) is 5.91 Å². The standard InChI is InChI=1S/C25H30BNO5/c1-6-15-27-21(20(23(29)30)18-9-7-8-10-19(18)22(27)28)16-11-13-17(14-12-16)26-31-24(2,3)25(4,5)32-26/h7-14,20-21H,6,15H2,1-5H3,(H,29,30)/t20-,21-/m1/s1. The Labute approximate surface area is 189 Å². The summed E-state index contributed by atoms with van der Waals surface area (Å²) >= 11 is 0. The molecule has 0 unspecified atom stereocenters. The molecule has 1 fully saturated rings. The molecule has 1 amide bonds. The largest absolute Gasteiger partial charge is 0.494 e. The minimum absolute atomic E-state index is 0.125. The van der Waals surface area contributed by atoms with Gasteiger partial charge in [-0.1, -0.05) is 49.4 Å². The fraction of sp³-hybridized carbons (Fsp3) is 0.440. The molecule has 1 N–H and O–H groups in total. The Hall–Kier alpha value is -2.64. The van der Waals surface area contributed by atoms with Gasteiger partial charge >= 0.3 is 13.1 Å². The van der Waals surface area contributed by atoms with Crippen LogP contribution in [0, 0.1) is 0 Å². The van der Waals surface area contributed by atoms with E-state index in [1.807, 2.05) is 58.9 Å². The maximum atomic E-state index is 13.3. The Morgan fingerprint density at radius 1 is 1.03 bits per heavy atom. The molecule has 1 saturated heterocycles. The highest BCUT2D eigenvalue weighted by Gasteiger charge is 2.52. The first-order chi connectivity index (χ1) is 15.1. The molecule has 2 aromatic rings. The molecule has 2 aliphatic heterocycles. The third-order valence-corrected chi connectivity index (χ3v) is 6.97. The molecule has 0 radical (unpaired) electrons. The second kappa shape index (κ2) is 8.05. The summed E-state index contributed by atoms with van der Waals surface area (Å²) in [5.41, 5.74) is 1.80. The zero-order chi connectivity index (χ0) is 23.3. The first-order valence-electron chi connectivity index (χ1n) is 11.2. The zero-order valence-corrected chi connectivity index (χ0v) is 19.3. The molecular formula is C25H30BNO5. The molecule has 2 aromatic carbocycles. The fourth-order valence-corrected chi connectivity index (χ4v) is 4.55. The van der Waals surface area contributed by atoms with Gasteiger partial charge in [-0.25, -0.2) is 0 Å². The molecular weight excluding hydrogens is 405 g/mol. The third kappa shape index (κ3) is 3.63. The topological polar surface area (TPSA) is 76.1 Å². The SMILES string of the molecule is CCCN1C(=O)c2ccccc2[C@@H](C(=O)O)[C@H]1c1ccc(B2OC(C)(C)C(C)(C)O2)cc1. The van der Waals surface area contributed by atoms with Crippen molar-refractivity contribution in [3.8, 4) is 0 Å². The summed E-state index contributed by atoms with van der Waals surface area (Å²) in [6, 6.07) is 14.1. The molecule has 0 aliphatic carbocycles. The molecule has 4 rings (SSSR count). The van der Waals surface area contributed by atoms with E-state index in [0.717, 1.165) is 17.4 Å². The van der Waals surface area contributed by atoms with E-state index < -0.39 is 36.2 Å². The number of benzene rings is 2. The van der Waals surface area contributed by atoms with Crippen LogP contribution in [0.15, 0.2) is 48.5 Å². The van der Waals surface area contributed by atoms with E-state index in [-0.39, 0.29) is 5.91 Å². The van der Waals surface area contributed by atoms with Gasteiger partial charge in [0.15, 0.2) is 0 Å². The number of hydrogen-bond acceptors (Lipinski definition) is 4. The van der Waals surface area contributed by atoms with Crippen LogP contribution in [-0.4, -0.2) is 46.7 Å². The summed E-state index contributed by atoms with van der Waals surface area (Å²) in [6.45, 7) is 10.5. The summed E-state index contributed by atoms with van der Waals surface area (Å²) in [4.78, 5) is 27.4. The molecule has 0 spiro atoms. The van der Waals surface area contributed by atoms with Gasteiger partial charge in [-0.3, -0.25) is 9.59 Å². The Kier molecular flexibility index (Phi) is 5.67. The number of rotatable bonds is 5. The van der Waals surface area contributed by atoms with Gasteiger partial charge < -0.3 is 19.3 Å². The molecule has 7 heteroatoms. The molecule has 32 heavy (non-hydrogen) atoms. The van der Waals surface area contributed by atoms with Crippen molar-refractivity contribution in [2.45, 2.75) is 64.2 Å². The van der Waals surface area contributed by atoms with Crippen LogP contribution in [0.3, 0.4) is 0 Å². The maximum absolute atomic E-state index is 13.3. The van der Waals surface area contributed by atoms with Crippen molar-refractivity contribution in [3.63, 3.8) is 0 Å². The van der Waals surface area contributed by atoms with Crippen LogP contribution in [0.4, 0.5) is 0 Å². The monoisotopic (exact) mass is 435 g/mol. The van der Waals surface area contributed by atoms with Crippen molar-refractivity contribution >= 4 is 24.5 Å². The molecule has 2 atom stereocenters. The van der Waals surface area contributed by atoms with Crippen molar-refractivity contribution in [3.05, 3.63) is 65.2 Å². The summed E-state index contributed by atoms with van der Waals surface area (Å²) < 4.78 is 12.3. The van der Waals surface area contributed by atoms with E-state index in [0.29, 0.717) is 17.7 Å². The number of fused-ring (bicyclic) bond motifs is 1. The van der Waals surface area contributed by atoms with Crippen LogP contribution in [-0.2, 0) is 14.1 Å². The van der Waals surface area contributed by atoms with E-state index in [9.17, 15) is 14.7 Å². The zero-order valence-electron chi connectivity index (χ0n) is 19.3. The van der Waals surface area contributed by atoms with Crippen molar-refractivity contribution in [2.24, 2.45) is 0 Å². The number of carboxylic acids is 1. The van der Waals surface area contributed by atoms with Crippen molar-refractivity contribution < 1.29 is 24.0 Å². The highest BCUT2D eigenvalue weighted by Crippen LogP contribution is 2.43. The summed E-state index contributed by atoms with van der Waals surface area (Å²) in [6.07, 6.45) is 0.739. The lowest BCUT2D eigenvalue weighted by Gasteiger charge is -2.40. The van der Waals surface area contributed by atoms with E-state index in [1.54, 1.807) is 29.2 Å². The van der Waals surface area contributed by atoms with Gasteiger partial charge in [0, 0.05) is 12.1 Å². The second-order valence-electron chi connectivity index (χ2n) is 9.60. The van der Waals surface area contributed by atoms with E-state index in [4.69, 9.17) is 9.31 Å². The van der Waals surface area contributed by atoms with Gasteiger partial charge in [-0.15, -0.1) is 0 Å². The van der Waals surface area contributed by atoms with Crippen LogP contribution in [0.2, 0.25) is 0 Å². The van der Waals surface area contributed by atoms with Crippen molar-refractivity contribution in [1.29, 1.82) is 0 Å². The third-order valence-electron chi connectivity index (χ3n) is 6.97. The number of carbonyl (C=O) groups is 2. The van der Waals surface area contributed by atoms with Crippen molar-refractivity contribution in [1.82, 2.24) is 4.90 Å². The summed E-state index contributed by atoms with van der Waals surface area (Å²) in [7, 11) is -0.496. The molecule has 2 heterocycles. The number of hydrogen-bond donors (Lipinski definition) is 1. The predicted octanol–water partition coefficient (Wildman–Crippen LogP) is 3.76. The summed E-state index contributed by atoms with van der Waals surface area (Å²) in [5, 5.41) is 10.2. The minimum Gasteiger partial charge on any atom is -0.481 e. The van der Waals surface area contributed by atoms with E-state index >= 15 is 0 Å².